The largest absolute Gasteiger partial charge is 0.506 e. The number of aromatic hydroxyl groups is 1. The molecule has 0 bridgehead atoms. The minimum absolute atomic E-state index is 0. The van der Waals surface area contributed by atoms with Gasteiger partial charge in [-0.25, -0.2) is 0 Å². The second kappa shape index (κ2) is 2.98. The van der Waals surface area contributed by atoms with Crippen LogP contribution in [0.4, 0.5) is 0 Å². The molecule has 1 aromatic rings. The van der Waals surface area contributed by atoms with Gasteiger partial charge in [0.2, 0.25) is 0 Å². The molecule has 8 heavy (non-hydrogen) atoms. The highest BCUT2D eigenvalue weighted by Gasteiger charge is 1.76. The van der Waals surface area contributed by atoms with E-state index >= 15 is 0 Å². The van der Waals surface area contributed by atoms with Crippen molar-refractivity contribution in [3.63, 3.8) is 0 Å². The summed E-state index contributed by atoms with van der Waals surface area (Å²) in [5, 5.41) is 8.57. The predicted molar refractivity (Wildman–Crippen MR) is 30.9 cm³/mol. The number of pyridine rings is 1. The van der Waals surface area contributed by atoms with Gasteiger partial charge in [-0.15, -0.1) is 0 Å². The molecule has 0 saturated carbocycles. The van der Waals surface area contributed by atoms with Crippen molar-refractivity contribution in [1.82, 2.24) is 11.1 Å². The highest BCUT2D eigenvalue weighted by atomic mass is 16.3. The molecule has 44 valence electrons. The molecule has 0 atom stereocenters. The van der Waals surface area contributed by atoms with Crippen LogP contribution in [-0.2, 0) is 0 Å². The van der Waals surface area contributed by atoms with E-state index in [1.165, 1.54) is 6.20 Å². The summed E-state index contributed by atoms with van der Waals surface area (Å²) < 4.78 is 0. The Morgan fingerprint density at radius 1 is 1.50 bits per heavy atom. The maximum Gasteiger partial charge on any atom is 0.133 e. The van der Waals surface area contributed by atoms with Crippen molar-refractivity contribution in [1.29, 1.82) is 0 Å². The summed E-state index contributed by atoms with van der Waals surface area (Å²) in [6.45, 7) is 0. The monoisotopic (exact) mass is 112 g/mol. The molecule has 0 aromatic carbocycles. The molecular weight excluding hydrogens is 104 g/mol. The molecule has 0 aliphatic rings. The molecule has 0 spiro atoms. The fourth-order valence-corrected chi connectivity index (χ4v) is 0.354. The Morgan fingerprint density at radius 3 is 2.50 bits per heavy atom. The van der Waals surface area contributed by atoms with Crippen LogP contribution in [0.2, 0.25) is 0 Å². The number of nitrogens with zero attached hydrogens (tertiary/aromatic N) is 1. The number of rotatable bonds is 0. The zero-order valence-corrected chi connectivity index (χ0v) is 4.41. The van der Waals surface area contributed by atoms with E-state index in [4.69, 9.17) is 5.11 Å². The Hall–Kier alpha value is -1.09. The van der Waals surface area contributed by atoms with Gasteiger partial charge in [0.25, 0.3) is 0 Å². The smallest absolute Gasteiger partial charge is 0.133 e. The van der Waals surface area contributed by atoms with E-state index in [9.17, 15) is 0 Å². The van der Waals surface area contributed by atoms with Crippen LogP contribution in [0.25, 0.3) is 0 Å². The molecule has 1 heterocycles. The van der Waals surface area contributed by atoms with Crippen LogP contribution in [0.3, 0.4) is 0 Å². The average Bonchev–Trinajstić information content (AvgIpc) is 1.69. The Labute approximate surface area is 47.6 Å². The van der Waals surface area contributed by atoms with Crippen LogP contribution >= 0.6 is 0 Å². The Kier molecular flexibility index (Phi) is 2.58. The van der Waals surface area contributed by atoms with Gasteiger partial charge in [0.05, 0.1) is 6.20 Å². The van der Waals surface area contributed by atoms with Crippen LogP contribution in [0.5, 0.6) is 5.75 Å². The summed E-state index contributed by atoms with van der Waals surface area (Å²) in [5.41, 5.74) is 0. The molecule has 0 aliphatic heterocycles. The summed E-state index contributed by atoms with van der Waals surface area (Å²) >= 11 is 0. The van der Waals surface area contributed by atoms with E-state index < -0.39 is 0 Å². The second-order valence-electron chi connectivity index (χ2n) is 1.21. The van der Waals surface area contributed by atoms with E-state index in [1.807, 2.05) is 0 Å². The lowest BCUT2D eigenvalue weighted by atomic mass is 10.5. The van der Waals surface area contributed by atoms with Crippen molar-refractivity contribution in [2.24, 2.45) is 0 Å². The van der Waals surface area contributed by atoms with Crippen LogP contribution in [-0.4, -0.2) is 10.1 Å². The lowest BCUT2D eigenvalue weighted by Crippen LogP contribution is -1.64. The van der Waals surface area contributed by atoms with Gasteiger partial charge < -0.3 is 11.3 Å². The average molecular weight is 112 g/mol. The van der Waals surface area contributed by atoms with E-state index in [2.05, 4.69) is 4.98 Å². The zero-order chi connectivity index (χ0) is 5.11. The van der Waals surface area contributed by atoms with Gasteiger partial charge in [0, 0.05) is 6.20 Å². The van der Waals surface area contributed by atoms with Gasteiger partial charge in [-0.1, -0.05) is 0 Å². The maximum absolute atomic E-state index is 8.57. The standard InChI is InChI=1S/C5H5NO.H3N/c7-5-2-1-3-6-4-5;/h1-4,7H;1H3. The van der Waals surface area contributed by atoms with Crippen LogP contribution in [0.1, 0.15) is 0 Å². The second-order valence-corrected chi connectivity index (χ2v) is 1.21. The molecule has 0 saturated heterocycles. The van der Waals surface area contributed by atoms with Crippen LogP contribution in [0.15, 0.2) is 24.5 Å². The van der Waals surface area contributed by atoms with Crippen molar-refractivity contribution >= 4 is 0 Å². The SMILES string of the molecule is N.Oc1cccnc1. The summed E-state index contributed by atoms with van der Waals surface area (Å²) in [6.07, 6.45) is 3.00. The Balaban J connectivity index is 0.000000490. The molecule has 0 radical (unpaired) electrons. The van der Waals surface area contributed by atoms with Gasteiger partial charge in [-0.3, -0.25) is 4.98 Å². The molecular formula is C5H8N2O. The lowest BCUT2D eigenvalue weighted by molar-refractivity contribution is 0.472. The molecule has 3 heteroatoms. The minimum atomic E-state index is 0. The quantitative estimate of drug-likeness (QED) is 0.525. The Morgan fingerprint density at radius 2 is 2.25 bits per heavy atom. The molecule has 1 aromatic heterocycles. The van der Waals surface area contributed by atoms with Gasteiger partial charge in [0.15, 0.2) is 0 Å². The fourth-order valence-electron chi connectivity index (χ4n) is 0.354. The van der Waals surface area contributed by atoms with Gasteiger partial charge >= 0.3 is 0 Å². The van der Waals surface area contributed by atoms with E-state index in [0.717, 1.165) is 0 Å². The first-order valence-electron chi connectivity index (χ1n) is 1.98. The summed E-state index contributed by atoms with van der Waals surface area (Å²) in [5.74, 6) is 0.211. The molecule has 0 unspecified atom stereocenters. The molecule has 0 aliphatic carbocycles. The highest BCUT2D eigenvalue weighted by Crippen LogP contribution is 1.99. The fraction of sp³-hybridized carbons (Fsp3) is 0. The summed E-state index contributed by atoms with van der Waals surface area (Å²) in [4.78, 5) is 3.63. The predicted octanol–water partition coefficient (Wildman–Crippen LogP) is 0.949. The van der Waals surface area contributed by atoms with Gasteiger partial charge in [-0.05, 0) is 12.1 Å². The zero-order valence-electron chi connectivity index (χ0n) is 4.41. The first kappa shape index (κ1) is 6.91. The number of aromatic nitrogens is 1. The van der Waals surface area contributed by atoms with Crippen molar-refractivity contribution in [3.05, 3.63) is 24.5 Å². The van der Waals surface area contributed by atoms with Crippen molar-refractivity contribution in [2.45, 2.75) is 0 Å². The third-order valence-corrected chi connectivity index (χ3v) is 0.646. The first-order chi connectivity index (χ1) is 3.39. The number of hydrogen-bond acceptors (Lipinski definition) is 3. The van der Waals surface area contributed by atoms with Crippen LogP contribution in [0, 0.1) is 0 Å². The van der Waals surface area contributed by atoms with Gasteiger partial charge in [-0.2, -0.15) is 0 Å². The lowest BCUT2D eigenvalue weighted by Gasteiger charge is -1.81. The first-order valence-corrected chi connectivity index (χ1v) is 1.98. The Bertz CT molecular complexity index is 140. The van der Waals surface area contributed by atoms with E-state index in [1.54, 1.807) is 18.3 Å². The third kappa shape index (κ3) is 1.57. The normalized spacial score (nSPS) is 7.50. The molecule has 0 amide bonds. The third-order valence-electron chi connectivity index (χ3n) is 0.646. The van der Waals surface area contributed by atoms with Gasteiger partial charge in [0.1, 0.15) is 5.75 Å². The minimum Gasteiger partial charge on any atom is -0.506 e. The topological polar surface area (TPSA) is 68.1 Å². The van der Waals surface area contributed by atoms with E-state index in [-0.39, 0.29) is 11.9 Å². The molecule has 3 nitrogen and oxygen atoms in total. The van der Waals surface area contributed by atoms with E-state index in [0.29, 0.717) is 0 Å². The van der Waals surface area contributed by atoms with Crippen molar-refractivity contribution < 1.29 is 5.11 Å². The number of hydrogen-bond donors (Lipinski definition) is 2. The summed E-state index contributed by atoms with van der Waals surface area (Å²) in [6, 6.07) is 3.25. The highest BCUT2D eigenvalue weighted by molar-refractivity contribution is 5.12. The maximum atomic E-state index is 8.57. The van der Waals surface area contributed by atoms with Crippen molar-refractivity contribution in [2.75, 3.05) is 0 Å². The summed E-state index contributed by atoms with van der Waals surface area (Å²) in [7, 11) is 0. The molecule has 4 N–H and O–H groups in total. The molecule has 1 rings (SSSR count). The molecule has 0 fully saturated rings. The van der Waals surface area contributed by atoms with Crippen molar-refractivity contribution in [3.8, 4) is 5.75 Å². The van der Waals surface area contributed by atoms with Crippen LogP contribution < -0.4 is 6.15 Å².